The van der Waals surface area contributed by atoms with Crippen molar-refractivity contribution >= 4 is 43.2 Å². The van der Waals surface area contributed by atoms with Crippen LogP contribution in [-0.2, 0) is 11.8 Å². The highest BCUT2D eigenvalue weighted by molar-refractivity contribution is 7.22. The molecule has 0 amide bonds. The second-order valence-corrected chi connectivity index (χ2v) is 12.3. The SMILES string of the molecule is CC(C)Cc1ccc2oc(-c3cc4ccnc(-c5cc(C(C)(C)C)c6ccccc6c5)c4s3)cc2c1. The van der Waals surface area contributed by atoms with Crippen LogP contribution in [0.15, 0.2) is 83.4 Å². The van der Waals surface area contributed by atoms with Gasteiger partial charge in [-0.25, -0.2) is 0 Å². The van der Waals surface area contributed by atoms with Gasteiger partial charge in [-0.15, -0.1) is 11.3 Å². The van der Waals surface area contributed by atoms with E-state index in [4.69, 9.17) is 9.40 Å². The minimum Gasteiger partial charge on any atom is -0.455 e. The van der Waals surface area contributed by atoms with Crippen molar-refractivity contribution in [2.75, 3.05) is 0 Å². The molecule has 2 nitrogen and oxygen atoms in total. The van der Waals surface area contributed by atoms with Gasteiger partial charge in [-0.2, -0.15) is 0 Å². The summed E-state index contributed by atoms with van der Waals surface area (Å²) >= 11 is 1.76. The number of rotatable bonds is 4. The van der Waals surface area contributed by atoms with E-state index in [-0.39, 0.29) is 5.41 Å². The van der Waals surface area contributed by atoms with Crippen LogP contribution in [0.2, 0.25) is 0 Å². The Morgan fingerprint density at radius 1 is 0.861 bits per heavy atom. The summed E-state index contributed by atoms with van der Waals surface area (Å²) in [6, 6.07) is 26.4. The summed E-state index contributed by atoms with van der Waals surface area (Å²) in [6.07, 6.45) is 3.01. The van der Waals surface area contributed by atoms with E-state index in [1.807, 2.05) is 6.20 Å². The van der Waals surface area contributed by atoms with Crippen LogP contribution in [0.3, 0.4) is 0 Å². The van der Waals surface area contributed by atoms with Crippen molar-refractivity contribution in [2.24, 2.45) is 5.92 Å². The molecule has 3 aromatic carbocycles. The minimum absolute atomic E-state index is 0.0345. The molecule has 3 heteroatoms. The number of thiophene rings is 1. The van der Waals surface area contributed by atoms with Crippen LogP contribution in [0.4, 0.5) is 0 Å². The Hall–Kier alpha value is -3.43. The highest BCUT2D eigenvalue weighted by Gasteiger charge is 2.20. The number of pyridine rings is 1. The van der Waals surface area contributed by atoms with E-state index in [9.17, 15) is 0 Å². The number of furan rings is 1. The van der Waals surface area contributed by atoms with Crippen molar-refractivity contribution in [3.8, 4) is 21.9 Å². The van der Waals surface area contributed by atoms with Crippen LogP contribution < -0.4 is 0 Å². The average molecular weight is 490 g/mol. The Bertz CT molecular complexity index is 1730. The zero-order valence-electron chi connectivity index (χ0n) is 21.6. The molecule has 6 rings (SSSR count). The quantitative estimate of drug-likeness (QED) is 0.246. The molecular weight excluding hydrogens is 458 g/mol. The zero-order chi connectivity index (χ0) is 25.0. The van der Waals surface area contributed by atoms with Gasteiger partial charge in [0.15, 0.2) is 0 Å². The summed E-state index contributed by atoms with van der Waals surface area (Å²) in [5, 5.41) is 4.94. The molecule has 0 N–H and O–H groups in total. The van der Waals surface area contributed by atoms with Gasteiger partial charge in [0.2, 0.25) is 0 Å². The van der Waals surface area contributed by atoms with Crippen molar-refractivity contribution in [3.05, 3.63) is 90.1 Å². The Kier molecular flexibility index (Phi) is 5.49. The Morgan fingerprint density at radius 2 is 1.69 bits per heavy atom. The number of nitrogens with zero attached hydrogens (tertiary/aromatic N) is 1. The van der Waals surface area contributed by atoms with E-state index in [1.165, 1.54) is 42.9 Å². The van der Waals surface area contributed by atoms with Crippen LogP contribution in [0, 0.1) is 5.92 Å². The van der Waals surface area contributed by atoms with Gasteiger partial charge in [0.1, 0.15) is 11.3 Å². The fourth-order valence-corrected chi connectivity index (χ4v) is 6.29. The molecule has 0 fully saturated rings. The molecule has 180 valence electrons. The number of hydrogen-bond donors (Lipinski definition) is 0. The van der Waals surface area contributed by atoms with Gasteiger partial charge in [-0.3, -0.25) is 4.98 Å². The van der Waals surface area contributed by atoms with Crippen molar-refractivity contribution in [2.45, 2.75) is 46.5 Å². The molecule has 6 aromatic rings. The first-order valence-electron chi connectivity index (χ1n) is 12.7. The summed E-state index contributed by atoms with van der Waals surface area (Å²) in [7, 11) is 0. The molecule has 0 radical (unpaired) electrons. The van der Waals surface area contributed by atoms with Gasteiger partial charge >= 0.3 is 0 Å². The second kappa shape index (κ2) is 8.60. The first kappa shape index (κ1) is 23.0. The van der Waals surface area contributed by atoms with E-state index in [2.05, 4.69) is 107 Å². The Labute approximate surface area is 216 Å². The third-order valence-electron chi connectivity index (χ3n) is 6.84. The fourth-order valence-electron chi connectivity index (χ4n) is 5.17. The lowest BCUT2D eigenvalue weighted by atomic mass is 9.82. The van der Waals surface area contributed by atoms with Crippen LogP contribution >= 0.6 is 11.3 Å². The predicted octanol–water partition coefficient (Wildman–Crippen LogP) is 10.0. The summed E-state index contributed by atoms with van der Waals surface area (Å²) < 4.78 is 7.50. The van der Waals surface area contributed by atoms with Crippen molar-refractivity contribution in [1.82, 2.24) is 4.98 Å². The van der Waals surface area contributed by atoms with Crippen molar-refractivity contribution in [3.63, 3.8) is 0 Å². The van der Waals surface area contributed by atoms with Gasteiger partial charge < -0.3 is 4.42 Å². The number of fused-ring (bicyclic) bond motifs is 3. The van der Waals surface area contributed by atoms with E-state index in [0.717, 1.165) is 28.3 Å². The molecule has 0 spiro atoms. The average Bonchev–Trinajstić information content (AvgIpc) is 3.46. The van der Waals surface area contributed by atoms with Gasteiger partial charge in [-0.1, -0.05) is 65.0 Å². The molecule has 3 heterocycles. The van der Waals surface area contributed by atoms with Crippen LogP contribution in [0.25, 0.3) is 53.7 Å². The molecule has 0 saturated carbocycles. The van der Waals surface area contributed by atoms with Crippen molar-refractivity contribution in [1.29, 1.82) is 0 Å². The molecule has 0 aliphatic heterocycles. The normalized spacial score (nSPS) is 12.4. The molecule has 0 bridgehead atoms. The number of benzene rings is 3. The fraction of sp³-hybridized carbons (Fsp3) is 0.242. The molecule has 36 heavy (non-hydrogen) atoms. The van der Waals surface area contributed by atoms with E-state index >= 15 is 0 Å². The highest BCUT2D eigenvalue weighted by atomic mass is 32.1. The van der Waals surface area contributed by atoms with Crippen molar-refractivity contribution < 1.29 is 4.42 Å². The summed E-state index contributed by atoms with van der Waals surface area (Å²) in [5.41, 5.74) is 5.89. The summed E-state index contributed by atoms with van der Waals surface area (Å²) in [5.74, 6) is 1.56. The van der Waals surface area contributed by atoms with E-state index in [1.54, 1.807) is 11.3 Å². The largest absolute Gasteiger partial charge is 0.455 e. The standard InChI is InChI=1S/C33H31NOS/c1-20(2)14-21-10-11-28-24(15-21)18-29(35-28)30-19-23-12-13-34-31(32(23)36-30)25-16-22-8-6-7-9-26(22)27(17-25)33(3,4)5/h6-13,15-20H,14H2,1-5H3. The predicted molar refractivity (Wildman–Crippen MR) is 155 cm³/mol. The Balaban J connectivity index is 1.48. The first-order valence-corrected chi connectivity index (χ1v) is 13.5. The van der Waals surface area contributed by atoms with Crippen LogP contribution in [-0.4, -0.2) is 4.98 Å². The lowest BCUT2D eigenvalue weighted by molar-refractivity contribution is 0.596. The maximum Gasteiger partial charge on any atom is 0.145 e. The van der Waals surface area contributed by atoms with Gasteiger partial charge in [0.25, 0.3) is 0 Å². The van der Waals surface area contributed by atoms with Gasteiger partial charge in [0.05, 0.1) is 15.3 Å². The van der Waals surface area contributed by atoms with E-state index in [0.29, 0.717) is 5.92 Å². The number of aromatic nitrogens is 1. The topological polar surface area (TPSA) is 26.0 Å². The summed E-state index contributed by atoms with van der Waals surface area (Å²) in [4.78, 5) is 6.01. The molecule has 0 saturated heterocycles. The highest BCUT2D eigenvalue weighted by Crippen LogP contribution is 2.42. The number of hydrogen-bond acceptors (Lipinski definition) is 3. The summed E-state index contributed by atoms with van der Waals surface area (Å²) in [6.45, 7) is 11.4. The molecule has 0 aliphatic rings. The van der Waals surface area contributed by atoms with Gasteiger partial charge in [0, 0.05) is 17.1 Å². The molecule has 3 aromatic heterocycles. The van der Waals surface area contributed by atoms with Crippen LogP contribution in [0.5, 0.6) is 0 Å². The molecule has 0 unspecified atom stereocenters. The molecule has 0 atom stereocenters. The minimum atomic E-state index is 0.0345. The maximum atomic E-state index is 6.30. The van der Waals surface area contributed by atoms with E-state index < -0.39 is 0 Å². The second-order valence-electron chi connectivity index (χ2n) is 11.3. The molecular formula is C33H31NOS. The van der Waals surface area contributed by atoms with Gasteiger partial charge in [-0.05, 0) is 87.5 Å². The smallest absolute Gasteiger partial charge is 0.145 e. The third kappa shape index (κ3) is 4.12. The third-order valence-corrected chi connectivity index (χ3v) is 8.02. The zero-order valence-corrected chi connectivity index (χ0v) is 22.4. The van der Waals surface area contributed by atoms with Crippen LogP contribution in [0.1, 0.15) is 45.7 Å². The maximum absolute atomic E-state index is 6.30. The lowest BCUT2D eigenvalue weighted by Crippen LogP contribution is -2.12. The first-order chi connectivity index (χ1) is 17.3. The molecule has 0 aliphatic carbocycles. The lowest BCUT2D eigenvalue weighted by Gasteiger charge is -2.22. The Morgan fingerprint density at radius 3 is 2.50 bits per heavy atom. The monoisotopic (exact) mass is 489 g/mol.